The SMILES string of the molecule is O=C(c1ccn(-c2ccc3ccc(-c4ccncc4)cn23)n1)N1CCCO1. The number of nitrogens with zero attached hydrogens (tertiary/aromatic N) is 5. The standard InChI is InChI=1S/C20H17N5O2/c26-20(25-11-1-13-27-25)18-8-12-24(22-18)19-5-4-17-3-2-16(14-23(17)19)15-6-9-21-10-7-15/h2-10,12,14H,1,11,13H2. The van der Waals surface area contributed by atoms with Gasteiger partial charge in [0.25, 0.3) is 5.91 Å². The van der Waals surface area contributed by atoms with Crippen LogP contribution in [0.5, 0.6) is 0 Å². The van der Waals surface area contributed by atoms with Crippen molar-refractivity contribution in [2.75, 3.05) is 13.2 Å². The molecule has 7 heteroatoms. The fourth-order valence-corrected chi connectivity index (χ4v) is 3.29. The fourth-order valence-electron chi connectivity index (χ4n) is 3.29. The summed E-state index contributed by atoms with van der Waals surface area (Å²) >= 11 is 0. The third-order valence-corrected chi connectivity index (χ3v) is 4.67. The van der Waals surface area contributed by atoms with E-state index in [0.29, 0.717) is 18.8 Å². The molecule has 27 heavy (non-hydrogen) atoms. The molecule has 0 atom stereocenters. The number of carbonyl (C=O) groups excluding carboxylic acids is 1. The van der Waals surface area contributed by atoms with Gasteiger partial charge in [0, 0.05) is 30.3 Å². The summed E-state index contributed by atoms with van der Waals surface area (Å²) in [5.41, 5.74) is 3.59. The molecule has 134 valence electrons. The monoisotopic (exact) mass is 359 g/mol. The van der Waals surface area contributed by atoms with Gasteiger partial charge in [-0.05, 0) is 53.9 Å². The Morgan fingerprint density at radius 2 is 1.85 bits per heavy atom. The number of hydrogen-bond donors (Lipinski definition) is 0. The Bertz CT molecular complexity index is 1110. The second kappa shape index (κ2) is 6.37. The maximum absolute atomic E-state index is 12.4. The molecule has 5 rings (SSSR count). The first kappa shape index (κ1) is 15.8. The molecule has 1 aliphatic heterocycles. The maximum atomic E-state index is 12.4. The van der Waals surface area contributed by atoms with E-state index in [2.05, 4.69) is 32.8 Å². The molecule has 0 spiro atoms. The molecular weight excluding hydrogens is 342 g/mol. The topological polar surface area (TPSA) is 64.7 Å². The zero-order valence-electron chi connectivity index (χ0n) is 14.5. The van der Waals surface area contributed by atoms with Crippen LogP contribution in [0.15, 0.2) is 67.3 Å². The molecule has 1 fully saturated rings. The lowest BCUT2D eigenvalue weighted by Crippen LogP contribution is -2.27. The van der Waals surface area contributed by atoms with Gasteiger partial charge in [-0.3, -0.25) is 14.6 Å². The third-order valence-electron chi connectivity index (χ3n) is 4.67. The van der Waals surface area contributed by atoms with Gasteiger partial charge < -0.3 is 4.40 Å². The van der Waals surface area contributed by atoms with Crippen molar-refractivity contribution in [3.05, 3.63) is 72.9 Å². The van der Waals surface area contributed by atoms with Crippen molar-refractivity contribution in [3.63, 3.8) is 0 Å². The zero-order valence-corrected chi connectivity index (χ0v) is 14.5. The summed E-state index contributed by atoms with van der Waals surface area (Å²) in [5.74, 6) is 0.659. The largest absolute Gasteiger partial charge is 0.301 e. The highest BCUT2D eigenvalue weighted by atomic mass is 16.7. The highest BCUT2D eigenvalue weighted by molar-refractivity contribution is 5.91. The molecular formula is C20H17N5O2. The molecule has 1 saturated heterocycles. The van der Waals surface area contributed by atoms with Gasteiger partial charge >= 0.3 is 0 Å². The van der Waals surface area contributed by atoms with E-state index in [0.717, 1.165) is 28.9 Å². The Kier molecular flexibility index (Phi) is 3.72. The lowest BCUT2D eigenvalue weighted by molar-refractivity contribution is -0.0772. The van der Waals surface area contributed by atoms with Crippen LogP contribution in [0.4, 0.5) is 0 Å². The van der Waals surface area contributed by atoms with Crippen molar-refractivity contribution >= 4 is 11.4 Å². The molecule has 0 radical (unpaired) electrons. The van der Waals surface area contributed by atoms with Gasteiger partial charge in [-0.15, -0.1) is 0 Å². The van der Waals surface area contributed by atoms with Gasteiger partial charge in [0.1, 0.15) is 5.82 Å². The van der Waals surface area contributed by atoms with Crippen LogP contribution in [0.2, 0.25) is 0 Å². The predicted octanol–water partition coefficient (Wildman–Crippen LogP) is 2.96. The first-order chi connectivity index (χ1) is 13.3. The Morgan fingerprint density at radius 3 is 2.67 bits per heavy atom. The van der Waals surface area contributed by atoms with Gasteiger partial charge in [0.05, 0.1) is 13.2 Å². The lowest BCUT2D eigenvalue weighted by atomic mass is 10.1. The number of aromatic nitrogens is 4. The van der Waals surface area contributed by atoms with E-state index in [9.17, 15) is 4.79 Å². The third kappa shape index (κ3) is 2.78. The summed E-state index contributed by atoms with van der Waals surface area (Å²) in [6.07, 6.45) is 8.27. The van der Waals surface area contributed by atoms with E-state index >= 15 is 0 Å². The van der Waals surface area contributed by atoms with Crippen molar-refractivity contribution in [2.24, 2.45) is 0 Å². The summed E-state index contributed by atoms with van der Waals surface area (Å²) in [7, 11) is 0. The van der Waals surface area contributed by atoms with Crippen molar-refractivity contribution in [1.82, 2.24) is 24.2 Å². The summed E-state index contributed by atoms with van der Waals surface area (Å²) in [5, 5.41) is 5.84. The molecule has 4 aromatic rings. The normalized spacial score (nSPS) is 14.1. The molecule has 0 aliphatic carbocycles. The second-order valence-electron chi connectivity index (χ2n) is 6.38. The van der Waals surface area contributed by atoms with Crippen molar-refractivity contribution < 1.29 is 9.63 Å². The minimum absolute atomic E-state index is 0.204. The van der Waals surface area contributed by atoms with Crippen molar-refractivity contribution in [3.8, 4) is 16.9 Å². The minimum atomic E-state index is -0.204. The number of rotatable bonds is 3. The molecule has 4 aromatic heterocycles. The van der Waals surface area contributed by atoms with E-state index in [-0.39, 0.29) is 5.91 Å². The Labute approximate surface area is 155 Å². The van der Waals surface area contributed by atoms with E-state index in [1.165, 1.54) is 5.06 Å². The molecule has 1 amide bonds. The summed E-state index contributed by atoms with van der Waals surface area (Å²) in [4.78, 5) is 21.8. The average Bonchev–Trinajstić information content (AvgIpc) is 3.47. The molecule has 0 aromatic carbocycles. The van der Waals surface area contributed by atoms with Gasteiger partial charge in [-0.25, -0.2) is 9.75 Å². The summed E-state index contributed by atoms with van der Waals surface area (Å²) < 4.78 is 3.77. The number of fused-ring (bicyclic) bond motifs is 1. The number of hydrogen-bond acceptors (Lipinski definition) is 4. The molecule has 0 unspecified atom stereocenters. The molecule has 0 N–H and O–H groups in total. The Balaban J connectivity index is 1.52. The van der Waals surface area contributed by atoms with E-state index in [1.54, 1.807) is 29.3 Å². The number of pyridine rings is 2. The molecule has 1 aliphatic rings. The minimum Gasteiger partial charge on any atom is -0.301 e. The van der Waals surface area contributed by atoms with Crippen LogP contribution in [0.1, 0.15) is 16.9 Å². The van der Waals surface area contributed by atoms with Gasteiger partial charge in [-0.1, -0.05) is 6.07 Å². The molecule has 0 bridgehead atoms. The quantitative estimate of drug-likeness (QED) is 0.564. The van der Waals surface area contributed by atoms with Gasteiger partial charge in [0.15, 0.2) is 5.69 Å². The van der Waals surface area contributed by atoms with E-state index in [1.807, 2.05) is 24.3 Å². The highest BCUT2D eigenvalue weighted by Gasteiger charge is 2.23. The van der Waals surface area contributed by atoms with Crippen LogP contribution in [0, 0.1) is 0 Å². The van der Waals surface area contributed by atoms with Crippen LogP contribution < -0.4 is 0 Å². The van der Waals surface area contributed by atoms with Crippen LogP contribution >= 0.6 is 0 Å². The van der Waals surface area contributed by atoms with Crippen LogP contribution in [-0.4, -0.2) is 43.3 Å². The lowest BCUT2D eigenvalue weighted by Gasteiger charge is -2.11. The summed E-state index contributed by atoms with van der Waals surface area (Å²) in [6.45, 7) is 1.18. The van der Waals surface area contributed by atoms with Crippen molar-refractivity contribution in [2.45, 2.75) is 6.42 Å². The molecule has 0 saturated carbocycles. The van der Waals surface area contributed by atoms with E-state index in [4.69, 9.17) is 4.84 Å². The van der Waals surface area contributed by atoms with Gasteiger partial charge in [0.2, 0.25) is 0 Å². The number of hydroxylamine groups is 2. The second-order valence-corrected chi connectivity index (χ2v) is 6.38. The summed E-state index contributed by atoms with van der Waals surface area (Å²) in [6, 6.07) is 13.8. The average molecular weight is 359 g/mol. The Morgan fingerprint density at radius 1 is 1.00 bits per heavy atom. The van der Waals surface area contributed by atoms with Crippen LogP contribution in [-0.2, 0) is 4.84 Å². The first-order valence-electron chi connectivity index (χ1n) is 8.82. The molecule has 5 heterocycles. The maximum Gasteiger partial charge on any atom is 0.297 e. The zero-order chi connectivity index (χ0) is 18.2. The van der Waals surface area contributed by atoms with Crippen LogP contribution in [0.3, 0.4) is 0 Å². The molecule has 7 nitrogen and oxygen atoms in total. The van der Waals surface area contributed by atoms with Crippen LogP contribution in [0.25, 0.3) is 22.5 Å². The first-order valence-corrected chi connectivity index (χ1v) is 8.82. The van der Waals surface area contributed by atoms with Gasteiger partial charge in [-0.2, -0.15) is 5.10 Å². The number of carbonyl (C=O) groups is 1. The Hall–Kier alpha value is -3.45. The smallest absolute Gasteiger partial charge is 0.297 e. The highest BCUT2D eigenvalue weighted by Crippen LogP contribution is 2.22. The number of amides is 1. The predicted molar refractivity (Wildman–Crippen MR) is 99.4 cm³/mol. The van der Waals surface area contributed by atoms with Crippen molar-refractivity contribution in [1.29, 1.82) is 0 Å². The fraction of sp³-hybridized carbons (Fsp3) is 0.150. The van der Waals surface area contributed by atoms with E-state index < -0.39 is 0 Å².